The second-order valence-corrected chi connectivity index (χ2v) is 5.54. The summed E-state index contributed by atoms with van der Waals surface area (Å²) in [6, 6.07) is 14.0. The van der Waals surface area contributed by atoms with Crippen molar-refractivity contribution in [3.8, 4) is 5.69 Å². The highest BCUT2D eigenvalue weighted by Crippen LogP contribution is 2.26. The number of rotatable bonds is 3. The van der Waals surface area contributed by atoms with Gasteiger partial charge in [-0.05, 0) is 36.8 Å². The van der Waals surface area contributed by atoms with E-state index in [4.69, 9.17) is 28.2 Å². The monoisotopic (exact) mass is 304 g/mol. The molecule has 0 bridgehead atoms. The van der Waals surface area contributed by atoms with Crippen molar-refractivity contribution in [3.63, 3.8) is 0 Å². The van der Waals surface area contributed by atoms with E-state index in [9.17, 15) is 0 Å². The fraction of sp³-hybridized carbons (Fsp3) is 0.188. The topological polar surface area (TPSA) is 17.8 Å². The molecule has 0 N–H and O–H groups in total. The summed E-state index contributed by atoms with van der Waals surface area (Å²) in [7, 11) is 0. The molecule has 0 saturated carbocycles. The zero-order chi connectivity index (χ0) is 14.1. The summed E-state index contributed by atoms with van der Waals surface area (Å²) in [4.78, 5) is 4.70. The predicted molar refractivity (Wildman–Crippen MR) is 85.2 cm³/mol. The second-order valence-electron chi connectivity index (χ2n) is 4.72. The van der Waals surface area contributed by atoms with Crippen molar-refractivity contribution in [2.45, 2.75) is 13.3 Å². The first kappa shape index (κ1) is 13.5. The molecule has 0 spiro atoms. The Morgan fingerprint density at radius 3 is 2.70 bits per heavy atom. The van der Waals surface area contributed by atoms with E-state index in [2.05, 4.69) is 17.6 Å². The van der Waals surface area contributed by atoms with Crippen LogP contribution in [0.3, 0.4) is 0 Å². The van der Waals surface area contributed by atoms with Gasteiger partial charge < -0.3 is 0 Å². The lowest BCUT2D eigenvalue weighted by molar-refractivity contribution is 0.911. The quantitative estimate of drug-likeness (QED) is 0.637. The molecular weight excluding hydrogens is 291 g/mol. The van der Waals surface area contributed by atoms with Gasteiger partial charge in [0, 0.05) is 23.0 Å². The minimum absolute atomic E-state index is 0.545. The molecule has 1 aromatic heterocycles. The van der Waals surface area contributed by atoms with Gasteiger partial charge in [0.05, 0.1) is 11.0 Å². The summed E-state index contributed by atoms with van der Waals surface area (Å²) in [5, 5.41) is 0.717. The van der Waals surface area contributed by atoms with Crippen LogP contribution in [-0.2, 0) is 6.42 Å². The molecule has 0 radical (unpaired) electrons. The molecule has 0 aliphatic heterocycles. The van der Waals surface area contributed by atoms with E-state index >= 15 is 0 Å². The van der Waals surface area contributed by atoms with E-state index in [1.165, 1.54) is 5.56 Å². The molecule has 0 aliphatic carbocycles. The molecular formula is C16H14Cl2N2. The van der Waals surface area contributed by atoms with Crippen molar-refractivity contribution in [1.82, 2.24) is 9.55 Å². The van der Waals surface area contributed by atoms with Crippen molar-refractivity contribution in [2.24, 2.45) is 0 Å². The Balaban J connectivity index is 2.34. The second kappa shape index (κ2) is 5.47. The number of halogens is 2. The minimum atomic E-state index is 0.545. The number of hydrogen-bond donors (Lipinski definition) is 0. The number of hydrogen-bond acceptors (Lipinski definition) is 1. The van der Waals surface area contributed by atoms with Crippen LogP contribution >= 0.6 is 23.2 Å². The van der Waals surface area contributed by atoms with Crippen LogP contribution < -0.4 is 0 Å². The van der Waals surface area contributed by atoms with Crippen LogP contribution in [0.15, 0.2) is 42.5 Å². The fourth-order valence-corrected chi connectivity index (χ4v) is 2.84. The van der Waals surface area contributed by atoms with Crippen LogP contribution in [0.4, 0.5) is 0 Å². The van der Waals surface area contributed by atoms with Gasteiger partial charge in [-0.2, -0.15) is 0 Å². The number of alkyl halides is 1. The zero-order valence-electron chi connectivity index (χ0n) is 11.1. The maximum Gasteiger partial charge on any atom is 0.115 e. The predicted octanol–water partition coefficient (Wildman–Crippen LogP) is 4.77. The average Bonchev–Trinajstić information content (AvgIpc) is 2.79. The molecule has 0 saturated heterocycles. The Bertz CT molecular complexity index is 762. The van der Waals surface area contributed by atoms with Gasteiger partial charge in [-0.1, -0.05) is 29.8 Å². The van der Waals surface area contributed by atoms with Gasteiger partial charge in [-0.15, -0.1) is 11.6 Å². The number of aromatic nitrogens is 2. The van der Waals surface area contributed by atoms with Gasteiger partial charge in [0.2, 0.25) is 0 Å². The standard InChI is InChI=1S/C16H14Cl2N2/c1-11-4-2-7-14-16(11)20(15(19-14)8-9-17)13-6-3-5-12(18)10-13/h2-7,10H,8-9H2,1H3. The van der Waals surface area contributed by atoms with Crippen LogP contribution in [0.25, 0.3) is 16.7 Å². The van der Waals surface area contributed by atoms with Crippen molar-refractivity contribution < 1.29 is 0 Å². The van der Waals surface area contributed by atoms with Gasteiger partial charge in [-0.25, -0.2) is 4.98 Å². The maximum atomic E-state index is 6.12. The van der Waals surface area contributed by atoms with Crippen LogP contribution in [0.1, 0.15) is 11.4 Å². The highest BCUT2D eigenvalue weighted by Gasteiger charge is 2.13. The Morgan fingerprint density at radius 1 is 1.15 bits per heavy atom. The van der Waals surface area contributed by atoms with E-state index in [1.807, 2.05) is 36.4 Å². The Kier molecular flexibility index (Phi) is 3.68. The van der Waals surface area contributed by atoms with Gasteiger partial charge in [-0.3, -0.25) is 4.57 Å². The molecule has 2 aromatic carbocycles. The number of aryl methyl sites for hydroxylation is 2. The highest BCUT2D eigenvalue weighted by atomic mass is 35.5. The molecule has 3 aromatic rings. The summed E-state index contributed by atoms with van der Waals surface area (Å²) >= 11 is 12.0. The van der Waals surface area contributed by atoms with Crippen LogP contribution in [0.5, 0.6) is 0 Å². The first-order chi connectivity index (χ1) is 9.70. The van der Waals surface area contributed by atoms with Gasteiger partial charge in [0.1, 0.15) is 5.82 Å². The molecule has 0 atom stereocenters. The fourth-order valence-electron chi connectivity index (χ4n) is 2.49. The molecule has 20 heavy (non-hydrogen) atoms. The number of imidazole rings is 1. The molecule has 102 valence electrons. The molecule has 0 aliphatic rings. The number of benzene rings is 2. The molecule has 4 heteroatoms. The smallest absolute Gasteiger partial charge is 0.115 e. The third kappa shape index (κ3) is 2.30. The third-order valence-corrected chi connectivity index (χ3v) is 3.76. The maximum absolute atomic E-state index is 6.12. The number of nitrogens with zero attached hydrogens (tertiary/aromatic N) is 2. The molecule has 0 unspecified atom stereocenters. The summed E-state index contributed by atoms with van der Waals surface area (Å²) in [5.74, 6) is 1.51. The SMILES string of the molecule is Cc1cccc2nc(CCCl)n(-c3cccc(Cl)c3)c12. The largest absolute Gasteiger partial charge is 0.296 e. The first-order valence-electron chi connectivity index (χ1n) is 6.49. The van der Waals surface area contributed by atoms with Gasteiger partial charge in [0.25, 0.3) is 0 Å². The summed E-state index contributed by atoms with van der Waals surface area (Å²) in [6.07, 6.45) is 0.724. The van der Waals surface area contributed by atoms with Crippen LogP contribution in [0.2, 0.25) is 5.02 Å². The van der Waals surface area contributed by atoms with Crippen molar-refractivity contribution in [1.29, 1.82) is 0 Å². The molecule has 1 heterocycles. The molecule has 0 fully saturated rings. The summed E-state index contributed by atoms with van der Waals surface area (Å²) in [6.45, 7) is 2.09. The summed E-state index contributed by atoms with van der Waals surface area (Å²) in [5.41, 5.74) is 4.32. The van der Waals surface area contributed by atoms with Crippen molar-refractivity contribution in [2.75, 3.05) is 5.88 Å². The molecule has 3 rings (SSSR count). The van der Waals surface area contributed by atoms with E-state index in [1.54, 1.807) is 0 Å². The van der Waals surface area contributed by atoms with Crippen molar-refractivity contribution >= 4 is 34.2 Å². The Morgan fingerprint density at radius 2 is 1.95 bits per heavy atom. The van der Waals surface area contributed by atoms with Gasteiger partial charge in [0.15, 0.2) is 0 Å². The summed E-state index contributed by atoms with van der Waals surface area (Å²) < 4.78 is 2.15. The average molecular weight is 305 g/mol. The highest BCUT2D eigenvalue weighted by molar-refractivity contribution is 6.30. The third-order valence-electron chi connectivity index (χ3n) is 3.33. The lowest BCUT2D eigenvalue weighted by Gasteiger charge is -2.10. The van der Waals surface area contributed by atoms with E-state index in [0.717, 1.165) is 34.0 Å². The first-order valence-corrected chi connectivity index (χ1v) is 7.41. The molecule has 0 amide bonds. The minimum Gasteiger partial charge on any atom is -0.296 e. The van der Waals surface area contributed by atoms with E-state index in [-0.39, 0.29) is 0 Å². The lowest BCUT2D eigenvalue weighted by atomic mass is 10.2. The van der Waals surface area contributed by atoms with Crippen molar-refractivity contribution in [3.05, 3.63) is 58.9 Å². The van der Waals surface area contributed by atoms with E-state index in [0.29, 0.717) is 5.88 Å². The Labute approximate surface area is 128 Å². The van der Waals surface area contributed by atoms with Crippen LogP contribution in [0, 0.1) is 6.92 Å². The zero-order valence-corrected chi connectivity index (χ0v) is 12.6. The van der Waals surface area contributed by atoms with E-state index < -0.39 is 0 Å². The number of fused-ring (bicyclic) bond motifs is 1. The lowest BCUT2D eigenvalue weighted by Crippen LogP contribution is -2.02. The molecule has 2 nitrogen and oxygen atoms in total. The normalized spacial score (nSPS) is 11.2. The van der Waals surface area contributed by atoms with Crippen LogP contribution in [-0.4, -0.2) is 15.4 Å². The van der Waals surface area contributed by atoms with Gasteiger partial charge >= 0.3 is 0 Å². The Hall–Kier alpha value is -1.51. The number of para-hydroxylation sites is 1.